The van der Waals surface area contributed by atoms with E-state index in [0.29, 0.717) is 30.8 Å². The summed E-state index contributed by atoms with van der Waals surface area (Å²) in [7, 11) is 0. The van der Waals surface area contributed by atoms with Crippen LogP contribution in [0.2, 0.25) is 0 Å². The number of halogens is 2. The fraction of sp³-hybridized carbons (Fsp3) is 0.552. The maximum Gasteiger partial charge on any atom is 0.410 e. The second kappa shape index (κ2) is 10.9. The molecule has 2 aliphatic rings. The zero-order valence-corrected chi connectivity index (χ0v) is 20.6. The first-order valence-corrected chi connectivity index (χ1v) is 12.8. The third kappa shape index (κ3) is 5.79. The van der Waals surface area contributed by atoms with Crippen LogP contribution in [0.25, 0.3) is 0 Å². The molecule has 1 aliphatic carbocycles. The number of nitrogens with zero attached hydrogens (tertiary/aromatic N) is 1. The van der Waals surface area contributed by atoms with Gasteiger partial charge in [-0.3, -0.25) is 0 Å². The van der Waals surface area contributed by atoms with Crippen molar-refractivity contribution >= 4 is 6.09 Å². The van der Waals surface area contributed by atoms with E-state index in [2.05, 4.69) is 20.8 Å². The molecule has 5 heteroatoms. The molecular weight excluding hydrogens is 432 g/mol. The number of hydrogen-bond acceptors (Lipinski definition) is 2. The van der Waals surface area contributed by atoms with Crippen LogP contribution in [0.3, 0.4) is 0 Å². The Hall–Kier alpha value is -2.43. The quantitative estimate of drug-likeness (QED) is 0.456. The molecule has 0 unspecified atom stereocenters. The summed E-state index contributed by atoms with van der Waals surface area (Å²) in [6.07, 6.45) is 4.64. The number of carbonyl (C=O) groups is 1. The maximum absolute atomic E-state index is 14.1. The lowest BCUT2D eigenvalue weighted by atomic mass is 9.75. The van der Waals surface area contributed by atoms with Crippen LogP contribution >= 0.6 is 0 Å². The van der Waals surface area contributed by atoms with Gasteiger partial charge in [0.15, 0.2) is 0 Å². The van der Waals surface area contributed by atoms with E-state index in [1.54, 1.807) is 12.1 Å². The van der Waals surface area contributed by atoms with Gasteiger partial charge in [-0.1, -0.05) is 51.5 Å². The van der Waals surface area contributed by atoms with Crippen LogP contribution in [0.4, 0.5) is 13.6 Å². The van der Waals surface area contributed by atoms with Crippen molar-refractivity contribution < 1.29 is 18.3 Å². The predicted molar refractivity (Wildman–Crippen MR) is 131 cm³/mol. The molecule has 1 amide bonds. The highest BCUT2D eigenvalue weighted by Gasteiger charge is 2.37. The zero-order valence-electron chi connectivity index (χ0n) is 20.6. The maximum atomic E-state index is 14.1. The smallest absolute Gasteiger partial charge is 0.410 e. The molecule has 2 aromatic rings. The summed E-state index contributed by atoms with van der Waals surface area (Å²) >= 11 is 0. The first-order valence-electron chi connectivity index (χ1n) is 12.8. The number of hydrogen-bond donors (Lipinski definition) is 0. The Balaban J connectivity index is 1.54. The summed E-state index contributed by atoms with van der Waals surface area (Å²) in [6, 6.07) is 13.1. The Morgan fingerprint density at radius 1 is 1.00 bits per heavy atom. The molecule has 0 radical (unpaired) electrons. The van der Waals surface area contributed by atoms with Crippen LogP contribution < -0.4 is 0 Å². The Morgan fingerprint density at radius 3 is 2.24 bits per heavy atom. The van der Waals surface area contributed by atoms with Crippen molar-refractivity contribution in [1.82, 2.24) is 4.90 Å². The summed E-state index contributed by atoms with van der Waals surface area (Å²) < 4.78 is 34.4. The number of carbonyl (C=O) groups excluding carboxylic acids is 1. The van der Waals surface area contributed by atoms with Gasteiger partial charge in [-0.15, -0.1) is 0 Å². The molecule has 1 saturated heterocycles. The van der Waals surface area contributed by atoms with Crippen LogP contribution in [0, 0.1) is 35.3 Å². The number of rotatable bonds is 5. The highest BCUT2D eigenvalue weighted by molar-refractivity contribution is 5.68. The first-order chi connectivity index (χ1) is 16.3. The highest BCUT2D eigenvalue weighted by Crippen LogP contribution is 2.39. The first kappa shape index (κ1) is 24.7. The Bertz CT molecular complexity index is 933. The standard InChI is InChI=1S/C29H37F2NO2/c1-19(2)26-13-12-20(3)15-27(26)34-29(33)32-14-6-9-23(18-32)28(21-7-4-10-24(30)16-21)22-8-5-11-25(31)17-22/h4-5,7-8,10-11,16-17,19-20,23,26-28H,6,9,12-15,18H2,1-3H3/t20-,23+,26+,27-/m1/s1. The molecule has 4 atom stereocenters. The van der Waals surface area contributed by atoms with Crippen LogP contribution in [-0.4, -0.2) is 30.2 Å². The van der Waals surface area contributed by atoms with Crippen LogP contribution in [0.15, 0.2) is 48.5 Å². The minimum absolute atomic E-state index is 0.0427. The lowest BCUT2D eigenvalue weighted by Gasteiger charge is -2.40. The molecule has 2 aromatic carbocycles. The molecule has 0 aromatic heterocycles. The SMILES string of the molecule is CC(C)[C@@H]1CC[C@@H](C)C[C@H]1OC(=O)N1CCC[C@H](C(c2cccc(F)c2)c2cccc(F)c2)C1. The third-order valence-electron chi connectivity index (χ3n) is 7.82. The summed E-state index contributed by atoms with van der Waals surface area (Å²) in [4.78, 5) is 15.1. The minimum Gasteiger partial charge on any atom is -0.446 e. The average molecular weight is 470 g/mol. The average Bonchev–Trinajstić information content (AvgIpc) is 2.79. The summed E-state index contributed by atoms with van der Waals surface area (Å²) in [5, 5.41) is 0. The monoisotopic (exact) mass is 469 g/mol. The van der Waals surface area contributed by atoms with Crippen molar-refractivity contribution in [3.8, 4) is 0 Å². The van der Waals surface area contributed by atoms with E-state index in [0.717, 1.165) is 36.8 Å². The Kier molecular flexibility index (Phi) is 7.90. The van der Waals surface area contributed by atoms with E-state index in [4.69, 9.17) is 4.74 Å². The number of piperidine rings is 1. The summed E-state index contributed by atoms with van der Waals surface area (Å²) in [6.45, 7) is 7.83. The molecule has 4 rings (SSSR count). The molecule has 0 N–H and O–H groups in total. The van der Waals surface area contributed by atoms with Gasteiger partial charge in [0.25, 0.3) is 0 Å². The number of amides is 1. The largest absolute Gasteiger partial charge is 0.446 e. The van der Waals surface area contributed by atoms with E-state index in [1.807, 2.05) is 17.0 Å². The van der Waals surface area contributed by atoms with E-state index in [1.165, 1.54) is 30.7 Å². The molecule has 0 bridgehead atoms. The Morgan fingerprint density at radius 2 is 1.65 bits per heavy atom. The van der Waals surface area contributed by atoms with Crippen LogP contribution in [0.5, 0.6) is 0 Å². The second-order valence-corrected chi connectivity index (χ2v) is 10.7. The van der Waals surface area contributed by atoms with Crippen molar-refractivity contribution in [3.05, 3.63) is 71.3 Å². The Labute approximate surface area is 202 Å². The van der Waals surface area contributed by atoms with E-state index < -0.39 is 0 Å². The lowest BCUT2D eigenvalue weighted by molar-refractivity contribution is -0.0153. The number of ether oxygens (including phenoxy) is 1. The van der Waals surface area contributed by atoms with Crippen molar-refractivity contribution in [2.45, 2.75) is 64.9 Å². The summed E-state index contributed by atoms with van der Waals surface area (Å²) in [5.41, 5.74) is 1.62. The molecule has 3 nitrogen and oxygen atoms in total. The molecule has 34 heavy (non-hydrogen) atoms. The molecule has 1 saturated carbocycles. The number of benzene rings is 2. The summed E-state index contributed by atoms with van der Waals surface area (Å²) in [5.74, 6) is 0.676. The van der Waals surface area contributed by atoms with Gasteiger partial charge in [-0.2, -0.15) is 0 Å². The molecule has 1 heterocycles. The fourth-order valence-corrected chi connectivity index (χ4v) is 6.04. The second-order valence-electron chi connectivity index (χ2n) is 10.7. The van der Waals surface area contributed by atoms with Crippen LogP contribution in [0.1, 0.15) is 69.9 Å². The van der Waals surface area contributed by atoms with Gasteiger partial charge in [-0.05, 0) is 84.7 Å². The molecule has 1 aliphatic heterocycles. The molecule has 184 valence electrons. The molecule has 0 spiro atoms. The molecular formula is C29H37F2NO2. The van der Waals surface area contributed by atoms with Gasteiger partial charge in [0.05, 0.1) is 0 Å². The number of likely N-dealkylation sites (tertiary alicyclic amines) is 1. The van der Waals surface area contributed by atoms with Gasteiger partial charge in [0.2, 0.25) is 0 Å². The van der Waals surface area contributed by atoms with Gasteiger partial charge in [-0.25, -0.2) is 13.6 Å². The van der Waals surface area contributed by atoms with Crippen molar-refractivity contribution in [2.75, 3.05) is 13.1 Å². The topological polar surface area (TPSA) is 29.5 Å². The van der Waals surface area contributed by atoms with Crippen molar-refractivity contribution in [1.29, 1.82) is 0 Å². The van der Waals surface area contributed by atoms with Crippen molar-refractivity contribution in [2.24, 2.45) is 23.7 Å². The zero-order chi connectivity index (χ0) is 24.2. The molecule has 2 fully saturated rings. The predicted octanol–water partition coefficient (Wildman–Crippen LogP) is 7.41. The van der Waals surface area contributed by atoms with Gasteiger partial charge >= 0.3 is 6.09 Å². The fourth-order valence-electron chi connectivity index (χ4n) is 6.04. The van der Waals surface area contributed by atoms with Gasteiger partial charge < -0.3 is 9.64 Å². The minimum atomic E-state index is -0.308. The lowest BCUT2D eigenvalue weighted by Crippen LogP contribution is -2.45. The van der Waals surface area contributed by atoms with Gasteiger partial charge in [0.1, 0.15) is 17.7 Å². The van der Waals surface area contributed by atoms with Crippen molar-refractivity contribution in [3.63, 3.8) is 0 Å². The highest BCUT2D eigenvalue weighted by atomic mass is 19.1. The van der Waals surface area contributed by atoms with E-state index in [9.17, 15) is 13.6 Å². The third-order valence-corrected chi connectivity index (χ3v) is 7.82. The van der Waals surface area contributed by atoms with E-state index in [-0.39, 0.29) is 35.7 Å². The normalized spacial score (nSPS) is 25.6. The van der Waals surface area contributed by atoms with Crippen LogP contribution in [-0.2, 0) is 4.74 Å². The van der Waals surface area contributed by atoms with E-state index >= 15 is 0 Å². The van der Waals surface area contributed by atoms with Gasteiger partial charge in [0, 0.05) is 19.0 Å².